The molecule has 1 aromatic rings. The molecule has 2 bridgehead atoms. The molecule has 0 spiro atoms. The Morgan fingerprint density at radius 2 is 1.92 bits per heavy atom. The third-order valence-electron chi connectivity index (χ3n) is 4.68. The fraction of sp³-hybridized carbons (Fsp3) is 0.562. The smallest absolute Gasteiger partial charge is 0.310 e. The first-order chi connectivity index (χ1) is 11.3. The molecule has 4 atom stereocenters. The number of carboxylic acids is 1. The van der Waals surface area contributed by atoms with E-state index in [0.29, 0.717) is 17.8 Å². The van der Waals surface area contributed by atoms with Crippen molar-refractivity contribution in [2.24, 2.45) is 17.6 Å². The van der Waals surface area contributed by atoms with Crippen LogP contribution in [-0.2, 0) is 14.3 Å². The quantitative estimate of drug-likeness (QED) is 0.746. The van der Waals surface area contributed by atoms with Gasteiger partial charge in [0.2, 0.25) is 5.91 Å². The molecule has 0 aliphatic carbocycles. The molecule has 2 aliphatic rings. The highest BCUT2D eigenvalue weighted by atomic mass is 32.1. The van der Waals surface area contributed by atoms with Crippen LogP contribution in [0.2, 0.25) is 0 Å². The second-order valence-corrected chi connectivity index (χ2v) is 7.66. The largest absolute Gasteiger partial charge is 0.481 e. The summed E-state index contributed by atoms with van der Waals surface area (Å²) in [5.41, 5.74) is 5.65. The van der Waals surface area contributed by atoms with Crippen molar-refractivity contribution in [2.75, 3.05) is 5.32 Å². The number of carbonyl (C=O) groups is 3. The molecule has 0 aromatic carbocycles. The summed E-state index contributed by atoms with van der Waals surface area (Å²) in [5.74, 6) is -3.46. The van der Waals surface area contributed by atoms with Gasteiger partial charge in [-0.1, -0.05) is 13.8 Å². The van der Waals surface area contributed by atoms with Crippen molar-refractivity contribution in [1.29, 1.82) is 0 Å². The summed E-state index contributed by atoms with van der Waals surface area (Å²) >= 11 is 1.29. The highest BCUT2D eigenvalue weighted by Crippen LogP contribution is 2.44. The molecule has 3 heterocycles. The van der Waals surface area contributed by atoms with E-state index < -0.39 is 35.7 Å². The number of amides is 2. The Kier molecular flexibility index (Phi) is 4.35. The summed E-state index contributed by atoms with van der Waals surface area (Å²) in [7, 11) is 0. The molecule has 7 nitrogen and oxygen atoms in total. The van der Waals surface area contributed by atoms with Crippen molar-refractivity contribution in [3.63, 3.8) is 0 Å². The average molecular weight is 352 g/mol. The number of hydrogen-bond donors (Lipinski definition) is 3. The molecular weight excluding hydrogens is 332 g/mol. The Bertz CT molecular complexity index is 699. The highest BCUT2D eigenvalue weighted by Gasteiger charge is 2.55. The number of rotatable bonds is 5. The maximum Gasteiger partial charge on any atom is 0.310 e. The number of ether oxygens (including phenoxy) is 1. The second kappa shape index (κ2) is 6.18. The minimum atomic E-state index is -1.02. The van der Waals surface area contributed by atoms with Crippen molar-refractivity contribution >= 4 is 34.1 Å². The van der Waals surface area contributed by atoms with Crippen LogP contribution in [0.5, 0.6) is 0 Å². The van der Waals surface area contributed by atoms with Crippen molar-refractivity contribution < 1.29 is 24.2 Å². The Morgan fingerprint density at radius 3 is 2.46 bits per heavy atom. The third kappa shape index (κ3) is 2.80. The van der Waals surface area contributed by atoms with E-state index in [1.165, 1.54) is 11.3 Å². The summed E-state index contributed by atoms with van der Waals surface area (Å²) in [6.45, 7) is 3.96. The van der Waals surface area contributed by atoms with Crippen LogP contribution in [-0.4, -0.2) is 35.1 Å². The van der Waals surface area contributed by atoms with Crippen molar-refractivity contribution in [3.05, 3.63) is 16.5 Å². The Labute approximate surface area is 143 Å². The number of carbonyl (C=O) groups excluding carboxylic acids is 2. The van der Waals surface area contributed by atoms with Gasteiger partial charge >= 0.3 is 5.97 Å². The zero-order valence-electron chi connectivity index (χ0n) is 13.4. The van der Waals surface area contributed by atoms with Crippen LogP contribution in [0.3, 0.4) is 0 Å². The van der Waals surface area contributed by atoms with Crippen LogP contribution in [0.25, 0.3) is 0 Å². The molecule has 1 aromatic heterocycles. The lowest BCUT2D eigenvalue weighted by atomic mass is 9.79. The number of carboxylic acid groups (broad SMARTS) is 1. The van der Waals surface area contributed by atoms with Crippen LogP contribution in [0.15, 0.2) is 6.07 Å². The van der Waals surface area contributed by atoms with Gasteiger partial charge in [0.25, 0.3) is 5.91 Å². The Morgan fingerprint density at radius 1 is 1.29 bits per heavy atom. The summed E-state index contributed by atoms with van der Waals surface area (Å²) in [4.78, 5) is 36.7. The van der Waals surface area contributed by atoms with Crippen LogP contribution >= 0.6 is 11.3 Å². The SMILES string of the molecule is CC(C)c1cc(C(N)=O)c(NC(=O)[C@H]2[C@@H](C(=O)O)[C@@H]3CC[C@@H]2O3)s1. The molecule has 4 N–H and O–H groups in total. The van der Waals surface area contributed by atoms with Crippen LogP contribution in [0, 0.1) is 11.8 Å². The molecule has 2 fully saturated rings. The number of anilines is 1. The minimum absolute atomic E-state index is 0.191. The molecule has 0 radical (unpaired) electrons. The first-order valence-corrected chi connectivity index (χ1v) is 8.74. The van der Waals surface area contributed by atoms with Gasteiger partial charge in [0.1, 0.15) is 5.00 Å². The van der Waals surface area contributed by atoms with E-state index in [1.54, 1.807) is 6.07 Å². The number of primary amides is 1. The minimum Gasteiger partial charge on any atom is -0.481 e. The van der Waals surface area contributed by atoms with Gasteiger partial charge in [-0.25, -0.2) is 0 Å². The van der Waals surface area contributed by atoms with E-state index in [-0.39, 0.29) is 17.6 Å². The van der Waals surface area contributed by atoms with Gasteiger partial charge in [-0.15, -0.1) is 11.3 Å². The van der Waals surface area contributed by atoms with Gasteiger partial charge in [0.05, 0.1) is 29.6 Å². The van der Waals surface area contributed by atoms with Crippen LogP contribution < -0.4 is 11.1 Å². The zero-order chi connectivity index (χ0) is 17.6. The van der Waals surface area contributed by atoms with Crippen LogP contribution in [0.1, 0.15) is 47.8 Å². The molecule has 0 saturated carbocycles. The molecule has 0 unspecified atom stereocenters. The van der Waals surface area contributed by atoms with Gasteiger partial charge in [-0.05, 0) is 24.8 Å². The van der Waals surface area contributed by atoms with Gasteiger partial charge < -0.3 is 20.9 Å². The first-order valence-electron chi connectivity index (χ1n) is 7.92. The number of aliphatic carboxylic acids is 1. The maximum atomic E-state index is 12.7. The van der Waals surface area contributed by atoms with E-state index in [1.807, 2.05) is 13.8 Å². The van der Waals surface area contributed by atoms with Crippen LogP contribution in [0.4, 0.5) is 5.00 Å². The van der Waals surface area contributed by atoms with E-state index in [9.17, 15) is 19.5 Å². The second-order valence-electron chi connectivity index (χ2n) is 6.58. The summed E-state index contributed by atoms with van der Waals surface area (Å²) in [5, 5.41) is 12.5. The number of fused-ring (bicyclic) bond motifs is 2. The van der Waals surface area contributed by atoms with Crippen molar-refractivity contribution in [1.82, 2.24) is 0 Å². The van der Waals surface area contributed by atoms with Gasteiger partial charge in [0.15, 0.2) is 0 Å². The lowest BCUT2D eigenvalue weighted by molar-refractivity contribution is -0.147. The molecule has 130 valence electrons. The predicted octanol–water partition coefficient (Wildman–Crippen LogP) is 1.79. The van der Waals surface area contributed by atoms with E-state index in [4.69, 9.17) is 10.5 Å². The normalized spacial score (nSPS) is 28.3. The molecule has 24 heavy (non-hydrogen) atoms. The first kappa shape index (κ1) is 16.9. The molecule has 3 rings (SSSR count). The fourth-order valence-corrected chi connectivity index (χ4v) is 4.56. The Balaban J connectivity index is 1.84. The number of nitrogens with two attached hydrogens (primary N) is 1. The number of thiophene rings is 1. The summed E-state index contributed by atoms with van der Waals surface area (Å²) in [6.07, 6.45) is 0.553. The zero-order valence-corrected chi connectivity index (χ0v) is 14.3. The average Bonchev–Trinajstić information content (AvgIpc) is 3.19. The maximum absolute atomic E-state index is 12.7. The molecule has 2 saturated heterocycles. The number of hydrogen-bond acceptors (Lipinski definition) is 5. The highest BCUT2D eigenvalue weighted by molar-refractivity contribution is 7.16. The third-order valence-corrected chi connectivity index (χ3v) is 6.03. The standard InChI is InChI=1S/C16H20N2O5S/c1-6(2)10-5-7(13(17)19)15(24-10)18-14(20)11-8-3-4-9(23-8)12(11)16(21)22/h5-6,8-9,11-12H,3-4H2,1-2H3,(H2,17,19)(H,18,20)(H,21,22)/t8-,9-,11+,12-/m0/s1. The van der Waals surface area contributed by atoms with E-state index >= 15 is 0 Å². The predicted molar refractivity (Wildman–Crippen MR) is 88.1 cm³/mol. The monoisotopic (exact) mass is 352 g/mol. The van der Waals surface area contributed by atoms with Gasteiger partial charge in [-0.2, -0.15) is 0 Å². The molecular formula is C16H20N2O5S. The lowest BCUT2D eigenvalue weighted by Crippen LogP contribution is -2.41. The summed E-state index contributed by atoms with van der Waals surface area (Å²) < 4.78 is 5.61. The van der Waals surface area contributed by atoms with Crippen molar-refractivity contribution in [2.45, 2.75) is 44.8 Å². The fourth-order valence-electron chi connectivity index (χ4n) is 3.49. The van der Waals surface area contributed by atoms with Gasteiger partial charge in [-0.3, -0.25) is 14.4 Å². The lowest BCUT2D eigenvalue weighted by Gasteiger charge is -2.23. The van der Waals surface area contributed by atoms with Gasteiger partial charge in [0, 0.05) is 4.88 Å². The topological polar surface area (TPSA) is 119 Å². The summed E-state index contributed by atoms with van der Waals surface area (Å²) in [6, 6.07) is 1.68. The number of nitrogens with one attached hydrogen (secondary N) is 1. The van der Waals surface area contributed by atoms with E-state index in [0.717, 1.165) is 4.88 Å². The molecule has 2 aliphatic heterocycles. The Hall–Kier alpha value is -1.93. The molecule has 2 amide bonds. The van der Waals surface area contributed by atoms with Crippen molar-refractivity contribution in [3.8, 4) is 0 Å². The molecule has 8 heteroatoms. The van der Waals surface area contributed by atoms with E-state index in [2.05, 4.69) is 5.32 Å².